The first-order valence-electron chi connectivity index (χ1n) is 13.6. The minimum Gasteiger partial charge on any atom is -0.453 e. The molecule has 1 saturated carbocycles. The highest BCUT2D eigenvalue weighted by atomic mass is 28.3. The Bertz CT molecular complexity index is 741. The predicted octanol–water partition coefficient (Wildman–Crippen LogP) is 9.43. The molecule has 0 atom stereocenters. The van der Waals surface area contributed by atoms with Gasteiger partial charge in [-0.1, -0.05) is 82.8 Å². The van der Waals surface area contributed by atoms with Gasteiger partial charge in [0.25, 0.3) is 0 Å². The van der Waals surface area contributed by atoms with Gasteiger partial charge in [0.05, 0.1) is 0 Å². The van der Waals surface area contributed by atoms with Gasteiger partial charge in [0.15, 0.2) is 23.6 Å². The number of ether oxygens (including phenoxy) is 1. The van der Waals surface area contributed by atoms with E-state index in [4.69, 9.17) is 0 Å². The molecule has 1 aromatic rings. The van der Waals surface area contributed by atoms with Crippen molar-refractivity contribution in [3.05, 3.63) is 41.7 Å². The smallest absolute Gasteiger partial charge is 0.305 e. The molecule has 6 heteroatoms. The molecule has 2 fully saturated rings. The zero-order valence-electron chi connectivity index (χ0n) is 20.8. The number of rotatable bonds is 12. The number of hydrogen-bond donors (Lipinski definition) is 0. The lowest BCUT2D eigenvalue weighted by molar-refractivity contribution is 0.184. The van der Waals surface area contributed by atoms with Gasteiger partial charge in [-0.3, -0.25) is 0 Å². The van der Waals surface area contributed by atoms with Gasteiger partial charge in [-0.2, -0.15) is 8.78 Å². The molecule has 2 aliphatic rings. The van der Waals surface area contributed by atoms with Gasteiger partial charge >= 0.3 is 6.08 Å². The molecule has 1 aromatic carbocycles. The molecule has 1 saturated heterocycles. The van der Waals surface area contributed by atoms with E-state index in [1.165, 1.54) is 76.3 Å². The van der Waals surface area contributed by atoms with Crippen molar-refractivity contribution in [2.75, 3.05) is 0 Å². The van der Waals surface area contributed by atoms with E-state index in [1.807, 2.05) is 0 Å². The third-order valence-corrected chi connectivity index (χ3v) is 11.8. The lowest BCUT2D eigenvalue weighted by Gasteiger charge is -2.37. The number of benzene rings is 1. The summed E-state index contributed by atoms with van der Waals surface area (Å²) < 4.78 is 56.6. The van der Waals surface area contributed by atoms with E-state index in [2.05, 4.69) is 11.7 Å². The maximum Gasteiger partial charge on any atom is 0.305 e. The van der Waals surface area contributed by atoms with Crippen LogP contribution in [0.1, 0.15) is 89.5 Å². The van der Waals surface area contributed by atoms with Gasteiger partial charge in [0.2, 0.25) is 0 Å². The molecule has 0 N–H and O–H groups in total. The summed E-state index contributed by atoms with van der Waals surface area (Å²) >= 11 is 0. The van der Waals surface area contributed by atoms with E-state index >= 15 is 0 Å². The Labute approximate surface area is 205 Å². The standard InChI is InChI=1S/C28H42F4OSi/c1-2-3-6-15-34-16-13-24(14-17-34)23-11-9-21(10-12-23)7-4-5-8-22-18-25(29)28(26(30)19-22)33-20-27(31)32/h18-21,23-24,34H,2-17H2,1H3. The Morgan fingerprint density at radius 3 is 2.18 bits per heavy atom. The zero-order chi connectivity index (χ0) is 24.3. The Balaban J connectivity index is 1.31. The summed E-state index contributed by atoms with van der Waals surface area (Å²) in [4.78, 5) is 0. The summed E-state index contributed by atoms with van der Waals surface area (Å²) in [6.07, 6.45) is 14.4. The van der Waals surface area contributed by atoms with Crippen molar-refractivity contribution in [2.45, 2.75) is 109 Å². The van der Waals surface area contributed by atoms with Gasteiger partial charge in [-0.15, -0.1) is 0 Å². The van der Waals surface area contributed by atoms with Crippen LogP contribution in [0.5, 0.6) is 5.75 Å². The molecule has 0 bridgehead atoms. The van der Waals surface area contributed by atoms with Crippen LogP contribution in [0.25, 0.3) is 0 Å². The molecule has 1 aliphatic heterocycles. The lowest BCUT2D eigenvalue weighted by atomic mass is 9.73. The summed E-state index contributed by atoms with van der Waals surface area (Å²) in [7, 11) is -0.412. The van der Waals surface area contributed by atoms with Gasteiger partial charge < -0.3 is 4.74 Å². The highest BCUT2D eigenvalue weighted by Crippen LogP contribution is 2.42. The van der Waals surface area contributed by atoms with E-state index < -0.39 is 32.3 Å². The Morgan fingerprint density at radius 2 is 1.56 bits per heavy atom. The van der Waals surface area contributed by atoms with Crippen LogP contribution in [-0.2, 0) is 6.42 Å². The summed E-state index contributed by atoms with van der Waals surface area (Å²) in [5.74, 6) is 0.0778. The van der Waals surface area contributed by atoms with Crippen LogP contribution in [0.15, 0.2) is 24.5 Å². The molecule has 0 unspecified atom stereocenters. The fraction of sp³-hybridized carbons (Fsp3) is 0.714. The highest BCUT2D eigenvalue weighted by molar-refractivity contribution is 6.58. The van der Waals surface area contributed by atoms with Crippen molar-refractivity contribution in [1.29, 1.82) is 0 Å². The third kappa shape index (κ3) is 8.73. The van der Waals surface area contributed by atoms with E-state index in [9.17, 15) is 17.6 Å². The minimum atomic E-state index is -2.14. The molecule has 0 radical (unpaired) electrons. The summed E-state index contributed by atoms with van der Waals surface area (Å²) in [5.41, 5.74) is 0.546. The van der Waals surface area contributed by atoms with Gasteiger partial charge in [0, 0.05) is 8.80 Å². The van der Waals surface area contributed by atoms with Crippen molar-refractivity contribution in [3.8, 4) is 5.75 Å². The molecule has 34 heavy (non-hydrogen) atoms. The molecule has 0 amide bonds. The van der Waals surface area contributed by atoms with Crippen molar-refractivity contribution in [2.24, 2.45) is 17.8 Å². The molecule has 0 spiro atoms. The van der Waals surface area contributed by atoms with Crippen LogP contribution in [0.2, 0.25) is 18.1 Å². The topological polar surface area (TPSA) is 9.23 Å². The first-order chi connectivity index (χ1) is 16.5. The monoisotopic (exact) mass is 498 g/mol. The number of aryl methyl sites for hydroxylation is 1. The molecule has 0 aromatic heterocycles. The molecular formula is C28H42F4OSi. The second-order valence-electron chi connectivity index (χ2n) is 10.7. The number of hydrogen-bond acceptors (Lipinski definition) is 1. The second-order valence-corrected chi connectivity index (χ2v) is 14.2. The van der Waals surface area contributed by atoms with Gasteiger partial charge in [-0.05, 0) is 61.1 Å². The lowest BCUT2D eigenvalue weighted by Crippen LogP contribution is -2.28. The van der Waals surface area contributed by atoms with Crippen LogP contribution < -0.4 is 4.74 Å². The van der Waals surface area contributed by atoms with E-state index in [1.54, 1.807) is 18.1 Å². The molecular weight excluding hydrogens is 456 g/mol. The Kier molecular flexibility index (Phi) is 11.5. The fourth-order valence-electron chi connectivity index (χ4n) is 6.31. The normalized spacial score (nSPS) is 25.2. The fourth-order valence-corrected chi connectivity index (χ4v) is 9.85. The van der Waals surface area contributed by atoms with Crippen LogP contribution in [-0.4, -0.2) is 8.80 Å². The van der Waals surface area contributed by atoms with Gasteiger partial charge in [0.1, 0.15) is 0 Å². The summed E-state index contributed by atoms with van der Waals surface area (Å²) in [6, 6.07) is 7.14. The molecule has 192 valence electrons. The predicted molar refractivity (Wildman–Crippen MR) is 134 cm³/mol. The van der Waals surface area contributed by atoms with E-state index in [-0.39, 0.29) is 6.26 Å². The minimum absolute atomic E-state index is 0.0528. The Hall–Kier alpha value is -1.30. The average molecular weight is 499 g/mol. The van der Waals surface area contributed by atoms with Crippen molar-refractivity contribution >= 4 is 8.80 Å². The largest absolute Gasteiger partial charge is 0.453 e. The maximum atomic E-state index is 14.0. The number of halogens is 4. The molecule has 3 rings (SSSR count). The SMILES string of the molecule is CCCCC[SiH]1CCC(C2CCC(CCCCc3cc(F)c(OC=C(F)F)c(F)c3)CC2)CC1. The molecule has 1 nitrogen and oxygen atoms in total. The third-order valence-electron chi connectivity index (χ3n) is 8.32. The van der Waals surface area contributed by atoms with Crippen LogP contribution in [0, 0.1) is 29.4 Å². The first kappa shape index (κ1) is 27.3. The zero-order valence-corrected chi connectivity index (χ0v) is 21.9. The van der Waals surface area contributed by atoms with E-state index in [0.717, 1.165) is 30.6 Å². The van der Waals surface area contributed by atoms with Crippen molar-refractivity contribution < 1.29 is 22.3 Å². The highest BCUT2D eigenvalue weighted by Gasteiger charge is 2.30. The number of unbranched alkanes of at least 4 members (excludes halogenated alkanes) is 3. The summed E-state index contributed by atoms with van der Waals surface area (Å²) in [6.45, 7) is 2.30. The van der Waals surface area contributed by atoms with Crippen molar-refractivity contribution in [3.63, 3.8) is 0 Å². The summed E-state index contributed by atoms with van der Waals surface area (Å²) in [5, 5.41) is 0. The van der Waals surface area contributed by atoms with Gasteiger partial charge in [-0.25, -0.2) is 8.78 Å². The van der Waals surface area contributed by atoms with E-state index in [0.29, 0.717) is 12.0 Å². The quantitative estimate of drug-likeness (QED) is 0.121. The van der Waals surface area contributed by atoms with Crippen LogP contribution >= 0.6 is 0 Å². The van der Waals surface area contributed by atoms with Crippen LogP contribution in [0.4, 0.5) is 17.6 Å². The molecule has 1 heterocycles. The second kappa shape index (κ2) is 14.3. The maximum absolute atomic E-state index is 14.0. The first-order valence-corrected chi connectivity index (χ1v) is 16.1. The average Bonchev–Trinajstić information content (AvgIpc) is 2.82. The molecule has 1 aliphatic carbocycles. The van der Waals surface area contributed by atoms with Crippen molar-refractivity contribution in [1.82, 2.24) is 0 Å². The Morgan fingerprint density at radius 1 is 0.912 bits per heavy atom. The van der Waals surface area contributed by atoms with Crippen LogP contribution in [0.3, 0.4) is 0 Å².